The molecule has 1 atom stereocenters. The summed E-state index contributed by atoms with van der Waals surface area (Å²) in [5.74, 6) is 0.384. The molecule has 0 fully saturated rings. The zero-order valence-corrected chi connectivity index (χ0v) is 25.5. The molecule has 2 heterocycles. The normalized spacial score (nSPS) is 15.1. The van der Waals surface area contributed by atoms with Crippen molar-refractivity contribution in [3.8, 4) is 0 Å². The molecule has 37 heavy (non-hydrogen) atoms. The molecule has 0 radical (unpaired) electrons. The fourth-order valence-corrected chi connectivity index (χ4v) is 5.95. The summed E-state index contributed by atoms with van der Waals surface area (Å²) in [5, 5.41) is 1.69. The number of aromatic nitrogens is 2. The van der Waals surface area contributed by atoms with Crippen LogP contribution in [0.5, 0.6) is 0 Å². The van der Waals surface area contributed by atoms with E-state index in [1.54, 1.807) is 6.07 Å². The molecule has 0 saturated carbocycles. The molecule has 4 rings (SSSR count). The Bertz CT molecular complexity index is 1320. The highest BCUT2D eigenvalue weighted by Crippen LogP contribution is 2.41. The number of benzene rings is 2. The van der Waals surface area contributed by atoms with Crippen molar-refractivity contribution in [3.63, 3.8) is 0 Å². The lowest BCUT2D eigenvalue weighted by Gasteiger charge is -2.35. The summed E-state index contributed by atoms with van der Waals surface area (Å²) in [6.45, 7) is 14.1. The second-order valence-corrected chi connectivity index (χ2v) is 17.0. The lowest BCUT2D eigenvalue weighted by molar-refractivity contribution is -0.152. The average Bonchev–Trinajstić information content (AvgIpc) is 3.22. The Morgan fingerprint density at radius 3 is 2.49 bits per heavy atom. The summed E-state index contributed by atoms with van der Waals surface area (Å²) in [4.78, 5) is 19.9. The fourth-order valence-electron chi connectivity index (χ4n) is 4.33. The molecule has 0 saturated heterocycles. The van der Waals surface area contributed by atoms with Gasteiger partial charge in [0.25, 0.3) is 0 Å². The van der Waals surface area contributed by atoms with Gasteiger partial charge >= 0.3 is 5.97 Å². The molecule has 1 aromatic heterocycles. The first kappa shape index (κ1) is 28.2. The van der Waals surface area contributed by atoms with E-state index in [2.05, 4.69) is 43.3 Å². The maximum Gasteiger partial charge on any atom is 0.331 e. The first-order chi connectivity index (χ1) is 17.3. The zero-order valence-electron chi connectivity index (χ0n) is 22.2. The standard InChI is InChI=1S/C27H34Cl3N3O3Si/c1-7-22(36-23(34)16-35-37(5,6)27(2,3)4)18-10-11-19(29)24-25(18)33-14-8-13-32(26(33)31-24)21-12-9-17(28)15-20(21)30/h9-12,15,22H,7-8,13-14,16H2,1-6H3. The highest BCUT2D eigenvalue weighted by Gasteiger charge is 2.38. The monoisotopic (exact) mass is 581 g/mol. The molecule has 0 bridgehead atoms. The Hall–Kier alpha value is -1.77. The van der Waals surface area contributed by atoms with Crippen molar-refractivity contribution in [2.45, 2.75) is 71.3 Å². The smallest absolute Gasteiger partial charge is 0.331 e. The number of fused-ring (bicyclic) bond motifs is 3. The van der Waals surface area contributed by atoms with E-state index < -0.39 is 14.4 Å². The van der Waals surface area contributed by atoms with Gasteiger partial charge in [-0.1, -0.05) is 68.6 Å². The highest BCUT2D eigenvalue weighted by molar-refractivity contribution is 6.74. The van der Waals surface area contributed by atoms with Gasteiger partial charge in [0.1, 0.15) is 18.2 Å². The van der Waals surface area contributed by atoms with Gasteiger partial charge in [-0.25, -0.2) is 9.78 Å². The van der Waals surface area contributed by atoms with Crippen LogP contribution in [0.15, 0.2) is 30.3 Å². The van der Waals surface area contributed by atoms with E-state index in [0.29, 0.717) is 27.0 Å². The van der Waals surface area contributed by atoms with Crippen molar-refractivity contribution in [1.82, 2.24) is 9.55 Å². The Kier molecular flexibility index (Phi) is 8.22. The van der Waals surface area contributed by atoms with E-state index in [1.807, 2.05) is 31.2 Å². The number of rotatable bonds is 7. The van der Waals surface area contributed by atoms with Crippen molar-refractivity contribution in [2.24, 2.45) is 0 Å². The summed E-state index contributed by atoms with van der Waals surface area (Å²) in [6, 6.07) is 9.21. The molecule has 1 aliphatic rings. The molecular formula is C27H34Cl3N3O3Si. The van der Waals surface area contributed by atoms with E-state index in [1.165, 1.54) is 0 Å². The van der Waals surface area contributed by atoms with E-state index in [9.17, 15) is 4.79 Å². The minimum atomic E-state index is -2.07. The van der Waals surface area contributed by atoms with Gasteiger partial charge in [-0.2, -0.15) is 0 Å². The predicted octanol–water partition coefficient (Wildman–Crippen LogP) is 8.55. The SMILES string of the molecule is CCC(OC(=O)CO[Si](C)(C)C(C)(C)C)c1ccc(Cl)c2nc3n(c12)CCCN3c1ccc(Cl)cc1Cl. The summed E-state index contributed by atoms with van der Waals surface area (Å²) in [5.41, 5.74) is 3.27. The Morgan fingerprint density at radius 1 is 1.11 bits per heavy atom. The van der Waals surface area contributed by atoms with Crippen LogP contribution in [0.25, 0.3) is 11.0 Å². The number of carbonyl (C=O) groups excluding carboxylic acids is 1. The molecule has 0 spiro atoms. The van der Waals surface area contributed by atoms with Gasteiger partial charge in [0.15, 0.2) is 8.32 Å². The number of esters is 1. The molecule has 3 aromatic rings. The van der Waals surface area contributed by atoms with E-state index in [0.717, 1.165) is 42.2 Å². The van der Waals surface area contributed by atoms with Gasteiger partial charge in [0.05, 0.1) is 21.2 Å². The lowest BCUT2D eigenvalue weighted by atomic mass is 10.0. The third-order valence-electron chi connectivity index (χ3n) is 7.41. The molecular weight excluding hydrogens is 549 g/mol. The number of carbonyl (C=O) groups is 1. The molecule has 10 heteroatoms. The lowest BCUT2D eigenvalue weighted by Crippen LogP contribution is -2.42. The topological polar surface area (TPSA) is 56.6 Å². The Labute approximate surface area is 234 Å². The largest absolute Gasteiger partial charge is 0.456 e. The van der Waals surface area contributed by atoms with E-state index in [-0.39, 0.29) is 17.6 Å². The first-order valence-corrected chi connectivity index (χ1v) is 16.6. The molecule has 2 aromatic carbocycles. The van der Waals surface area contributed by atoms with Crippen LogP contribution in [0, 0.1) is 0 Å². The van der Waals surface area contributed by atoms with Gasteiger partial charge in [0, 0.05) is 23.7 Å². The van der Waals surface area contributed by atoms with Crippen molar-refractivity contribution >= 4 is 71.8 Å². The number of hydrogen-bond donors (Lipinski definition) is 0. The first-order valence-electron chi connectivity index (χ1n) is 12.6. The summed E-state index contributed by atoms with van der Waals surface area (Å²) < 4.78 is 14.2. The van der Waals surface area contributed by atoms with Gasteiger partial charge in [-0.05, 0) is 55.2 Å². The summed E-state index contributed by atoms with van der Waals surface area (Å²) >= 11 is 19.3. The third kappa shape index (κ3) is 5.66. The number of imidazole rings is 1. The van der Waals surface area contributed by atoms with Crippen LogP contribution in [-0.2, 0) is 20.5 Å². The minimum absolute atomic E-state index is 0.00923. The molecule has 1 aliphatic heterocycles. The van der Waals surface area contributed by atoms with Crippen LogP contribution in [0.2, 0.25) is 33.2 Å². The number of ether oxygens (including phenoxy) is 1. The number of hydrogen-bond acceptors (Lipinski definition) is 5. The number of anilines is 2. The quantitative estimate of drug-likeness (QED) is 0.206. The van der Waals surface area contributed by atoms with E-state index >= 15 is 0 Å². The van der Waals surface area contributed by atoms with Crippen molar-refractivity contribution in [2.75, 3.05) is 18.1 Å². The van der Waals surface area contributed by atoms with Crippen molar-refractivity contribution in [1.29, 1.82) is 0 Å². The highest BCUT2D eigenvalue weighted by atomic mass is 35.5. The number of halogens is 3. The van der Waals surface area contributed by atoms with Crippen molar-refractivity contribution < 1.29 is 14.0 Å². The van der Waals surface area contributed by atoms with Crippen LogP contribution in [0.1, 0.15) is 52.2 Å². The van der Waals surface area contributed by atoms with Gasteiger partial charge in [0.2, 0.25) is 5.95 Å². The van der Waals surface area contributed by atoms with Gasteiger partial charge < -0.3 is 18.6 Å². The second kappa shape index (κ2) is 10.8. The maximum atomic E-state index is 12.9. The number of aryl methyl sites for hydroxylation is 1. The Morgan fingerprint density at radius 2 is 1.84 bits per heavy atom. The van der Waals surface area contributed by atoms with Crippen LogP contribution in [0.4, 0.5) is 11.6 Å². The molecule has 200 valence electrons. The molecule has 0 aliphatic carbocycles. The van der Waals surface area contributed by atoms with Crippen LogP contribution in [-0.4, -0.2) is 37.0 Å². The van der Waals surface area contributed by atoms with Crippen LogP contribution >= 0.6 is 34.8 Å². The summed E-state index contributed by atoms with van der Waals surface area (Å²) in [7, 11) is -2.07. The van der Waals surface area contributed by atoms with Gasteiger partial charge in [-0.3, -0.25) is 0 Å². The van der Waals surface area contributed by atoms with E-state index in [4.69, 9.17) is 48.9 Å². The van der Waals surface area contributed by atoms with Crippen LogP contribution in [0.3, 0.4) is 0 Å². The van der Waals surface area contributed by atoms with Crippen molar-refractivity contribution in [3.05, 3.63) is 51.0 Å². The minimum Gasteiger partial charge on any atom is -0.456 e. The molecule has 6 nitrogen and oxygen atoms in total. The molecule has 0 amide bonds. The molecule has 0 N–H and O–H groups in total. The zero-order chi connectivity index (χ0) is 27.1. The second-order valence-electron chi connectivity index (χ2n) is 10.9. The predicted molar refractivity (Wildman–Crippen MR) is 155 cm³/mol. The van der Waals surface area contributed by atoms with Gasteiger partial charge in [-0.15, -0.1) is 0 Å². The molecule has 1 unspecified atom stereocenters. The van der Waals surface area contributed by atoms with Crippen LogP contribution < -0.4 is 4.90 Å². The average molecular weight is 583 g/mol. The number of nitrogens with zero attached hydrogens (tertiary/aromatic N) is 3. The summed E-state index contributed by atoms with van der Waals surface area (Å²) in [6.07, 6.45) is 1.04. The Balaban J connectivity index is 1.68. The third-order valence-corrected chi connectivity index (χ3v) is 12.7. The fraction of sp³-hybridized carbons (Fsp3) is 0.481. The maximum absolute atomic E-state index is 12.9.